The van der Waals surface area contributed by atoms with Gasteiger partial charge in [-0.2, -0.15) is 0 Å². The number of halogens is 3. The lowest BCUT2D eigenvalue weighted by molar-refractivity contribution is -0.135. The lowest BCUT2D eigenvalue weighted by Gasteiger charge is -2.21. The van der Waals surface area contributed by atoms with Gasteiger partial charge in [0.25, 0.3) is 11.5 Å². The number of pyridine rings is 1. The number of benzene rings is 2. The molecule has 1 amide bonds. The van der Waals surface area contributed by atoms with E-state index in [-0.39, 0.29) is 12.3 Å². The number of hydrogen-bond donors (Lipinski definition) is 1. The molecule has 1 fully saturated rings. The highest BCUT2D eigenvalue weighted by molar-refractivity contribution is 6.13. The minimum absolute atomic E-state index is 0.0646. The predicted molar refractivity (Wildman–Crippen MR) is 164 cm³/mol. The van der Waals surface area contributed by atoms with Gasteiger partial charge in [0.2, 0.25) is 0 Å². The van der Waals surface area contributed by atoms with Crippen LogP contribution in [0.1, 0.15) is 61.4 Å². The molecule has 0 radical (unpaired) electrons. The fourth-order valence-electron chi connectivity index (χ4n) is 5.76. The molecule has 3 aromatic rings. The molecule has 10 heteroatoms. The van der Waals surface area contributed by atoms with Gasteiger partial charge in [-0.05, 0) is 79.0 Å². The standard InChI is InChI=1S/C34H38F3N3O4/c1-20(2)14-29(40-18-23(8-9-30(40)41)10-12-39-13-11-25(35)19-39)34(44)38-28(17-31(42)43)26-15-24(16-27(36)33(26)37)32-21(3)6-5-7-22(32)4/h5-9,15-16,18,20,25,29H,10-14,17,19H2,1-4H3,(H,42,43)/t25-,29?/m1/s1. The van der Waals surface area contributed by atoms with E-state index in [0.29, 0.717) is 43.6 Å². The van der Waals surface area contributed by atoms with Crippen LogP contribution in [0.4, 0.5) is 13.2 Å². The molecule has 1 unspecified atom stereocenters. The molecule has 0 bridgehead atoms. The molecule has 1 saturated heterocycles. The normalized spacial score (nSPS) is 16.5. The third kappa shape index (κ3) is 7.91. The first-order chi connectivity index (χ1) is 20.8. The Hall–Kier alpha value is -4.05. The van der Waals surface area contributed by atoms with Crippen molar-refractivity contribution in [3.05, 3.63) is 92.9 Å². The Balaban J connectivity index is 1.75. The molecule has 7 nitrogen and oxygen atoms in total. The Morgan fingerprint density at radius 3 is 2.41 bits per heavy atom. The number of hydrogen-bond acceptors (Lipinski definition) is 4. The van der Waals surface area contributed by atoms with Crippen LogP contribution in [0.5, 0.6) is 0 Å². The lowest BCUT2D eigenvalue weighted by atomic mass is 9.93. The fourth-order valence-corrected chi connectivity index (χ4v) is 5.76. The largest absolute Gasteiger partial charge is 0.481 e. The number of carboxylic acids is 1. The number of rotatable bonds is 11. The second-order valence-corrected chi connectivity index (χ2v) is 11.9. The first kappa shape index (κ1) is 32.9. The first-order valence-corrected chi connectivity index (χ1v) is 14.8. The molecule has 1 aromatic heterocycles. The molecule has 0 aliphatic carbocycles. The molecule has 1 N–H and O–H groups in total. The third-order valence-corrected chi connectivity index (χ3v) is 7.92. The van der Waals surface area contributed by atoms with E-state index in [2.05, 4.69) is 4.99 Å². The number of carboxylic acid groups (broad SMARTS) is 1. The van der Waals surface area contributed by atoms with Gasteiger partial charge in [0.05, 0.1) is 12.1 Å². The van der Waals surface area contributed by atoms with Crippen LogP contribution in [0.25, 0.3) is 11.1 Å². The second-order valence-electron chi connectivity index (χ2n) is 11.9. The van der Waals surface area contributed by atoms with Crippen molar-refractivity contribution < 1.29 is 27.9 Å². The summed E-state index contributed by atoms with van der Waals surface area (Å²) in [5, 5.41) is 9.65. The Morgan fingerprint density at radius 1 is 1.09 bits per heavy atom. The van der Waals surface area contributed by atoms with Crippen molar-refractivity contribution in [2.75, 3.05) is 19.6 Å². The van der Waals surface area contributed by atoms with Crippen molar-refractivity contribution in [3.63, 3.8) is 0 Å². The summed E-state index contributed by atoms with van der Waals surface area (Å²) in [7, 11) is 0. The number of carbonyl (C=O) groups excluding carboxylic acids is 1. The lowest BCUT2D eigenvalue weighted by Crippen LogP contribution is -2.31. The molecule has 2 aromatic carbocycles. The highest BCUT2D eigenvalue weighted by Gasteiger charge is 2.27. The van der Waals surface area contributed by atoms with Crippen molar-refractivity contribution in [2.45, 2.75) is 65.6 Å². The van der Waals surface area contributed by atoms with Gasteiger partial charge in [0.1, 0.15) is 12.2 Å². The van der Waals surface area contributed by atoms with E-state index in [1.54, 1.807) is 12.3 Å². The maximum atomic E-state index is 15.3. The zero-order valence-corrected chi connectivity index (χ0v) is 25.4. The number of aliphatic imine (C=N–C) groups is 1. The van der Waals surface area contributed by atoms with Gasteiger partial charge in [-0.1, -0.05) is 38.1 Å². The van der Waals surface area contributed by atoms with E-state index < -0.39 is 59.0 Å². The van der Waals surface area contributed by atoms with Crippen LogP contribution in [-0.4, -0.2) is 58.0 Å². The van der Waals surface area contributed by atoms with Crippen molar-refractivity contribution in [1.29, 1.82) is 0 Å². The average Bonchev–Trinajstić information content (AvgIpc) is 3.37. The van der Waals surface area contributed by atoms with Gasteiger partial charge in [-0.15, -0.1) is 0 Å². The number of nitrogens with zero attached hydrogens (tertiary/aromatic N) is 3. The molecule has 1 aliphatic heterocycles. The number of likely N-dealkylation sites (tertiary alicyclic amines) is 1. The van der Waals surface area contributed by atoms with Crippen LogP contribution in [0.15, 0.2) is 58.4 Å². The number of carbonyl (C=O) groups is 2. The van der Waals surface area contributed by atoms with E-state index in [9.17, 15) is 28.3 Å². The maximum absolute atomic E-state index is 15.3. The van der Waals surface area contributed by atoms with E-state index in [0.717, 1.165) is 22.8 Å². The van der Waals surface area contributed by atoms with Crippen LogP contribution in [0.2, 0.25) is 0 Å². The number of aliphatic carboxylic acids is 1. The molecular formula is C34H38F3N3O4. The zero-order chi connectivity index (χ0) is 32.1. The Kier molecular flexibility index (Phi) is 10.6. The minimum atomic E-state index is -1.38. The molecule has 234 valence electrons. The predicted octanol–water partition coefficient (Wildman–Crippen LogP) is 6.07. The van der Waals surface area contributed by atoms with Gasteiger partial charge < -0.3 is 14.6 Å². The van der Waals surface area contributed by atoms with Gasteiger partial charge in [0, 0.05) is 37.5 Å². The van der Waals surface area contributed by atoms with Gasteiger partial charge >= 0.3 is 5.97 Å². The highest BCUT2D eigenvalue weighted by Crippen LogP contribution is 2.31. The van der Waals surface area contributed by atoms with Crippen molar-refractivity contribution in [2.24, 2.45) is 10.9 Å². The second kappa shape index (κ2) is 14.2. The van der Waals surface area contributed by atoms with Crippen molar-refractivity contribution in [3.8, 4) is 11.1 Å². The topological polar surface area (TPSA) is 92.0 Å². The summed E-state index contributed by atoms with van der Waals surface area (Å²) in [6.07, 6.45) is 1.09. The van der Waals surface area contributed by atoms with Crippen LogP contribution in [-0.2, 0) is 16.0 Å². The summed E-state index contributed by atoms with van der Waals surface area (Å²) in [5.41, 5.74) is 2.02. The maximum Gasteiger partial charge on any atom is 0.309 e. The van der Waals surface area contributed by atoms with Crippen LogP contribution in [0.3, 0.4) is 0 Å². The quantitative estimate of drug-likeness (QED) is 0.266. The molecule has 1 aliphatic rings. The summed E-state index contributed by atoms with van der Waals surface area (Å²) in [6.45, 7) is 8.97. The van der Waals surface area contributed by atoms with Gasteiger partial charge in [-0.25, -0.2) is 18.2 Å². The molecular weight excluding hydrogens is 571 g/mol. The van der Waals surface area contributed by atoms with Gasteiger partial charge in [0.15, 0.2) is 11.6 Å². The Bertz CT molecular complexity index is 1610. The van der Waals surface area contributed by atoms with E-state index >= 15 is 4.39 Å². The molecule has 0 saturated carbocycles. The number of aryl methyl sites for hydroxylation is 2. The van der Waals surface area contributed by atoms with Crippen LogP contribution in [0, 0.1) is 31.4 Å². The van der Waals surface area contributed by atoms with Gasteiger partial charge in [-0.3, -0.25) is 14.4 Å². The molecule has 4 rings (SSSR count). The van der Waals surface area contributed by atoms with E-state index in [1.807, 2.05) is 50.8 Å². The van der Waals surface area contributed by atoms with E-state index in [4.69, 9.17) is 0 Å². The number of alkyl halides is 1. The zero-order valence-electron chi connectivity index (χ0n) is 25.4. The molecule has 2 atom stereocenters. The monoisotopic (exact) mass is 609 g/mol. The SMILES string of the molecule is Cc1cccc(C)c1-c1cc(F)c(F)c(C(CC(=O)O)=NC(=O)C(CC(C)C)n2cc(CCN3CC[C@@H](F)C3)ccc2=O)c1. The molecule has 0 spiro atoms. The van der Waals surface area contributed by atoms with Crippen molar-refractivity contribution >= 4 is 17.6 Å². The first-order valence-electron chi connectivity index (χ1n) is 14.8. The third-order valence-electron chi connectivity index (χ3n) is 7.92. The summed E-state index contributed by atoms with van der Waals surface area (Å²) < 4.78 is 45.2. The number of amides is 1. The highest BCUT2D eigenvalue weighted by atomic mass is 19.2. The summed E-state index contributed by atoms with van der Waals surface area (Å²) in [5.74, 6) is -4.81. The molecule has 44 heavy (non-hydrogen) atoms. The number of aromatic nitrogens is 1. The minimum Gasteiger partial charge on any atom is -0.481 e. The Labute approximate surface area is 255 Å². The van der Waals surface area contributed by atoms with Crippen LogP contribution >= 0.6 is 0 Å². The Morgan fingerprint density at radius 2 is 1.80 bits per heavy atom. The molecule has 2 heterocycles. The fraction of sp³-hybridized carbons (Fsp3) is 0.412. The summed E-state index contributed by atoms with van der Waals surface area (Å²) in [4.78, 5) is 44.7. The van der Waals surface area contributed by atoms with Crippen LogP contribution < -0.4 is 5.56 Å². The van der Waals surface area contributed by atoms with E-state index in [1.165, 1.54) is 16.7 Å². The summed E-state index contributed by atoms with van der Waals surface area (Å²) in [6, 6.07) is 9.74. The smallest absolute Gasteiger partial charge is 0.309 e. The summed E-state index contributed by atoms with van der Waals surface area (Å²) >= 11 is 0. The average molecular weight is 610 g/mol. The van der Waals surface area contributed by atoms with Crippen molar-refractivity contribution in [1.82, 2.24) is 9.47 Å².